The lowest BCUT2D eigenvalue weighted by Gasteiger charge is -2.33. The minimum Gasteiger partial charge on any atom is -0.379 e. The molecule has 3 aliphatic rings. The van der Waals surface area contributed by atoms with Gasteiger partial charge in [-0.25, -0.2) is 0 Å². The number of nitrogens with one attached hydrogen (secondary N) is 1. The van der Waals surface area contributed by atoms with E-state index >= 15 is 0 Å². The Morgan fingerprint density at radius 2 is 1.90 bits per heavy atom. The van der Waals surface area contributed by atoms with Crippen molar-refractivity contribution in [1.82, 2.24) is 15.1 Å². The molecule has 0 bridgehead atoms. The summed E-state index contributed by atoms with van der Waals surface area (Å²) < 4.78 is 5.45. The molecule has 1 aliphatic carbocycles. The van der Waals surface area contributed by atoms with Crippen LogP contribution in [0.5, 0.6) is 0 Å². The number of amides is 1. The van der Waals surface area contributed by atoms with Crippen LogP contribution in [0.1, 0.15) is 38.7 Å². The van der Waals surface area contributed by atoms with Gasteiger partial charge in [0.15, 0.2) is 0 Å². The van der Waals surface area contributed by atoms with E-state index in [1.165, 1.54) is 18.5 Å². The van der Waals surface area contributed by atoms with Crippen LogP contribution in [0.2, 0.25) is 0 Å². The lowest BCUT2D eigenvalue weighted by Crippen LogP contribution is -2.46. The van der Waals surface area contributed by atoms with Gasteiger partial charge in [-0.2, -0.15) is 0 Å². The monoisotopic (exact) mass is 399 g/mol. The molecule has 0 radical (unpaired) electrons. The Morgan fingerprint density at radius 3 is 2.66 bits per heavy atom. The van der Waals surface area contributed by atoms with Gasteiger partial charge in [0.25, 0.3) is 0 Å². The molecule has 160 valence electrons. The van der Waals surface area contributed by atoms with Crippen molar-refractivity contribution in [3.8, 4) is 0 Å². The third-order valence-electron chi connectivity index (χ3n) is 7.32. The number of likely N-dealkylation sites (tertiary alicyclic amines) is 1. The number of morpholine rings is 1. The predicted octanol–water partition coefficient (Wildman–Crippen LogP) is 2.76. The molecular formula is C24H37N3O2. The van der Waals surface area contributed by atoms with Crippen LogP contribution in [-0.4, -0.2) is 67.2 Å². The molecule has 1 aromatic carbocycles. The first-order valence-electron chi connectivity index (χ1n) is 11.5. The summed E-state index contributed by atoms with van der Waals surface area (Å²) in [5.74, 6) is 1.67. The smallest absolute Gasteiger partial charge is 0.223 e. The summed E-state index contributed by atoms with van der Waals surface area (Å²) in [7, 11) is 0. The summed E-state index contributed by atoms with van der Waals surface area (Å²) in [4.78, 5) is 17.9. The highest BCUT2D eigenvalue weighted by molar-refractivity contribution is 5.78. The summed E-state index contributed by atoms with van der Waals surface area (Å²) >= 11 is 0. The van der Waals surface area contributed by atoms with Gasteiger partial charge in [-0.05, 0) is 43.6 Å². The third-order valence-corrected chi connectivity index (χ3v) is 7.32. The van der Waals surface area contributed by atoms with Crippen LogP contribution in [0.25, 0.3) is 0 Å². The van der Waals surface area contributed by atoms with E-state index < -0.39 is 0 Å². The van der Waals surface area contributed by atoms with Gasteiger partial charge in [-0.3, -0.25) is 14.6 Å². The first-order chi connectivity index (χ1) is 14.1. The molecule has 3 fully saturated rings. The van der Waals surface area contributed by atoms with Crippen molar-refractivity contribution in [1.29, 1.82) is 0 Å². The molecule has 1 aromatic rings. The number of rotatable bonds is 7. The Hall–Kier alpha value is -1.43. The second-order valence-corrected chi connectivity index (χ2v) is 9.43. The van der Waals surface area contributed by atoms with E-state index in [9.17, 15) is 4.79 Å². The van der Waals surface area contributed by atoms with E-state index in [1.807, 2.05) is 0 Å². The molecule has 1 saturated carbocycles. The first kappa shape index (κ1) is 20.8. The maximum absolute atomic E-state index is 12.9. The Bertz CT molecular complexity index is 661. The third kappa shape index (κ3) is 5.19. The minimum atomic E-state index is 0.0636. The summed E-state index contributed by atoms with van der Waals surface area (Å²) in [6.07, 6.45) is 3.32. The van der Waals surface area contributed by atoms with Gasteiger partial charge < -0.3 is 10.1 Å². The van der Waals surface area contributed by atoms with Crippen LogP contribution in [-0.2, 0) is 16.1 Å². The molecule has 5 nitrogen and oxygen atoms in total. The van der Waals surface area contributed by atoms with E-state index in [2.05, 4.69) is 59.3 Å². The number of carbonyl (C=O) groups is 1. The van der Waals surface area contributed by atoms with E-state index in [-0.39, 0.29) is 11.8 Å². The Labute approximate surface area is 175 Å². The van der Waals surface area contributed by atoms with Crippen LogP contribution in [0.15, 0.2) is 30.3 Å². The highest BCUT2D eigenvalue weighted by Crippen LogP contribution is 2.38. The van der Waals surface area contributed by atoms with Crippen LogP contribution < -0.4 is 5.32 Å². The first-order valence-corrected chi connectivity index (χ1v) is 11.5. The van der Waals surface area contributed by atoms with Crippen LogP contribution in [0, 0.1) is 17.8 Å². The second kappa shape index (κ2) is 9.59. The molecule has 2 saturated heterocycles. The number of hydrogen-bond donors (Lipinski definition) is 1. The molecule has 5 heteroatoms. The molecule has 2 heterocycles. The van der Waals surface area contributed by atoms with E-state index in [1.54, 1.807) is 0 Å². The Kier molecular flexibility index (Phi) is 6.88. The summed E-state index contributed by atoms with van der Waals surface area (Å²) in [6.45, 7) is 11.3. The van der Waals surface area contributed by atoms with Crippen molar-refractivity contribution in [2.24, 2.45) is 17.8 Å². The fraction of sp³-hybridized carbons (Fsp3) is 0.708. The van der Waals surface area contributed by atoms with Crippen molar-refractivity contribution in [2.45, 2.75) is 51.7 Å². The zero-order valence-corrected chi connectivity index (χ0v) is 18.1. The maximum atomic E-state index is 12.9. The van der Waals surface area contributed by atoms with E-state index in [0.717, 1.165) is 58.2 Å². The summed E-state index contributed by atoms with van der Waals surface area (Å²) in [5, 5.41) is 3.43. The van der Waals surface area contributed by atoms with E-state index in [0.29, 0.717) is 18.0 Å². The Balaban J connectivity index is 1.25. The molecule has 4 rings (SSSR count). The van der Waals surface area contributed by atoms with Gasteiger partial charge in [0.2, 0.25) is 5.91 Å². The average molecular weight is 400 g/mol. The standard InChI is InChI=1S/C24H37N3O2/c1-18(14-19(2)27-10-12-29-13-11-27)24(28)25-23-9-8-21-16-26(17-22(21)23)15-20-6-4-3-5-7-20/h3-7,18-19,21-23H,8-17H2,1-2H3,(H,25,28)/t18?,19?,21-,22+,23+/m0/s1. The van der Waals surface area contributed by atoms with Gasteiger partial charge in [0, 0.05) is 50.7 Å². The number of benzene rings is 1. The van der Waals surface area contributed by atoms with Crippen molar-refractivity contribution < 1.29 is 9.53 Å². The van der Waals surface area contributed by atoms with Crippen molar-refractivity contribution >= 4 is 5.91 Å². The van der Waals surface area contributed by atoms with Crippen LogP contribution >= 0.6 is 0 Å². The van der Waals surface area contributed by atoms with Gasteiger partial charge >= 0.3 is 0 Å². The number of carbonyl (C=O) groups excluding carboxylic acids is 1. The number of nitrogens with zero attached hydrogens (tertiary/aromatic N) is 2. The lowest BCUT2D eigenvalue weighted by atomic mass is 9.96. The highest BCUT2D eigenvalue weighted by Gasteiger charge is 2.43. The fourth-order valence-corrected chi connectivity index (χ4v) is 5.62. The Morgan fingerprint density at radius 1 is 1.14 bits per heavy atom. The maximum Gasteiger partial charge on any atom is 0.223 e. The fourth-order valence-electron chi connectivity index (χ4n) is 5.62. The normalized spacial score (nSPS) is 30.1. The SMILES string of the molecule is CC(CC(C)N1CCOCC1)C(=O)N[C@@H]1CC[C@H]2CN(Cc3ccccc3)C[C@H]21. The number of ether oxygens (including phenoxy) is 1. The molecule has 0 spiro atoms. The molecular weight excluding hydrogens is 362 g/mol. The predicted molar refractivity (Wildman–Crippen MR) is 115 cm³/mol. The average Bonchev–Trinajstić information content (AvgIpc) is 3.30. The largest absolute Gasteiger partial charge is 0.379 e. The van der Waals surface area contributed by atoms with Gasteiger partial charge in [0.1, 0.15) is 0 Å². The van der Waals surface area contributed by atoms with Gasteiger partial charge in [-0.15, -0.1) is 0 Å². The topological polar surface area (TPSA) is 44.8 Å². The quantitative estimate of drug-likeness (QED) is 0.766. The van der Waals surface area contributed by atoms with Gasteiger partial charge in [0.05, 0.1) is 13.2 Å². The van der Waals surface area contributed by atoms with Crippen molar-refractivity contribution in [3.05, 3.63) is 35.9 Å². The highest BCUT2D eigenvalue weighted by atomic mass is 16.5. The van der Waals surface area contributed by atoms with Gasteiger partial charge in [-0.1, -0.05) is 37.3 Å². The second-order valence-electron chi connectivity index (χ2n) is 9.43. The molecule has 0 aromatic heterocycles. The van der Waals surface area contributed by atoms with E-state index in [4.69, 9.17) is 4.74 Å². The van der Waals surface area contributed by atoms with Crippen molar-refractivity contribution in [2.75, 3.05) is 39.4 Å². The molecule has 1 N–H and O–H groups in total. The number of fused-ring (bicyclic) bond motifs is 1. The zero-order chi connectivity index (χ0) is 20.2. The lowest BCUT2D eigenvalue weighted by molar-refractivity contribution is -0.126. The van der Waals surface area contributed by atoms with Crippen LogP contribution in [0.3, 0.4) is 0 Å². The number of hydrogen-bond acceptors (Lipinski definition) is 4. The molecule has 2 aliphatic heterocycles. The van der Waals surface area contributed by atoms with Crippen LogP contribution in [0.4, 0.5) is 0 Å². The van der Waals surface area contributed by atoms with Crippen molar-refractivity contribution in [3.63, 3.8) is 0 Å². The summed E-state index contributed by atoms with van der Waals surface area (Å²) in [5.41, 5.74) is 1.39. The zero-order valence-electron chi connectivity index (χ0n) is 18.1. The summed E-state index contributed by atoms with van der Waals surface area (Å²) in [6, 6.07) is 11.5. The molecule has 5 atom stereocenters. The molecule has 29 heavy (non-hydrogen) atoms. The minimum absolute atomic E-state index is 0.0636. The molecule has 2 unspecified atom stereocenters. The molecule has 1 amide bonds.